The zero-order chi connectivity index (χ0) is 18.4. The van der Waals surface area contributed by atoms with Crippen LogP contribution in [0.2, 0.25) is 0 Å². The second-order valence-corrected chi connectivity index (χ2v) is 6.13. The molecule has 5 heteroatoms. The predicted molar refractivity (Wildman–Crippen MR) is 103 cm³/mol. The molecule has 1 aromatic heterocycles. The molecule has 0 aliphatic rings. The van der Waals surface area contributed by atoms with Crippen LogP contribution in [0.5, 0.6) is 5.75 Å². The third kappa shape index (κ3) is 4.11. The van der Waals surface area contributed by atoms with E-state index in [1.54, 1.807) is 0 Å². The lowest BCUT2D eigenvalue weighted by atomic mass is 10.0. The highest BCUT2D eigenvalue weighted by Crippen LogP contribution is 2.32. The van der Waals surface area contributed by atoms with Gasteiger partial charge in [-0.25, -0.2) is 4.98 Å². The average molecular weight is 349 g/mol. The third-order valence-electron chi connectivity index (χ3n) is 4.15. The first-order chi connectivity index (χ1) is 12.7. The highest BCUT2D eigenvalue weighted by atomic mass is 16.5. The number of aryl methyl sites for hydroxylation is 1. The average Bonchev–Trinajstić information content (AvgIpc) is 3.09. The van der Waals surface area contributed by atoms with Crippen molar-refractivity contribution in [3.05, 3.63) is 60.9 Å². The number of hydrogen-bond donors (Lipinski definition) is 1. The minimum atomic E-state index is -0.488. The van der Waals surface area contributed by atoms with Crippen molar-refractivity contribution in [1.29, 1.82) is 0 Å². The van der Waals surface area contributed by atoms with Crippen LogP contribution < -0.4 is 10.5 Å². The zero-order valence-electron chi connectivity index (χ0n) is 14.9. The van der Waals surface area contributed by atoms with Gasteiger partial charge in [0.15, 0.2) is 6.61 Å². The maximum atomic E-state index is 10.9. The number of ether oxygens (including phenoxy) is 1. The Bertz CT molecular complexity index is 855. The molecule has 0 bridgehead atoms. The standard InChI is InChI=1S/C21H23N3O2/c1-2-3-13-24-15-23-20(16-7-5-4-6-8-16)21(24)17-9-11-18(12-10-17)26-14-19(22)25/h4-12,15H,2-3,13-14H2,1H3,(H2,22,25). The molecule has 3 aromatic rings. The first kappa shape index (κ1) is 17.7. The van der Waals surface area contributed by atoms with Crippen molar-refractivity contribution in [3.8, 4) is 28.3 Å². The Hall–Kier alpha value is -3.08. The van der Waals surface area contributed by atoms with Gasteiger partial charge in [0.2, 0.25) is 0 Å². The molecule has 1 amide bonds. The summed E-state index contributed by atoms with van der Waals surface area (Å²) in [5.41, 5.74) is 9.33. The summed E-state index contributed by atoms with van der Waals surface area (Å²) in [5.74, 6) is 0.131. The van der Waals surface area contributed by atoms with Gasteiger partial charge < -0.3 is 15.0 Å². The topological polar surface area (TPSA) is 70.1 Å². The summed E-state index contributed by atoms with van der Waals surface area (Å²) in [6.07, 6.45) is 4.13. The van der Waals surface area contributed by atoms with E-state index in [2.05, 4.69) is 28.6 Å². The van der Waals surface area contributed by atoms with E-state index in [-0.39, 0.29) is 6.61 Å². The van der Waals surface area contributed by atoms with Crippen molar-refractivity contribution in [2.24, 2.45) is 5.73 Å². The summed E-state index contributed by atoms with van der Waals surface area (Å²) in [6.45, 7) is 2.98. The van der Waals surface area contributed by atoms with E-state index in [1.807, 2.05) is 48.8 Å². The molecule has 0 fully saturated rings. The second-order valence-electron chi connectivity index (χ2n) is 6.13. The maximum Gasteiger partial charge on any atom is 0.255 e. The number of imidazole rings is 1. The Morgan fingerprint density at radius 2 is 1.81 bits per heavy atom. The molecule has 0 aliphatic carbocycles. The van der Waals surface area contributed by atoms with Gasteiger partial charge in [0, 0.05) is 17.7 Å². The van der Waals surface area contributed by atoms with Crippen molar-refractivity contribution >= 4 is 5.91 Å². The molecule has 0 unspecified atom stereocenters. The van der Waals surface area contributed by atoms with E-state index >= 15 is 0 Å². The van der Waals surface area contributed by atoms with Crippen LogP contribution in [-0.2, 0) is 11.3 Å². The molecule has 3 rings (SSSR count). The fourth-order valence-corrected chi connectivity index (χ4v) is 2.85. The molecule has 1 heterocycles. The fraction of sp³-hybridized carbons (Fsp3) is 0.238. The van der Waals surface area contributed by atoms with Crippen LogP contribution in [0.3, 0.4) is 0 Å². The SMILES string of the molecule is CCCCn1cnc(-c2ccccc2)c1-c1ccc(OCC(N)=O)cc1. The minimum absolute atomic E-state index is 0.122. The van der Waals surface area contributed by atoms with E-state index < -0.39 is 5.91 Å². The molecule has 0 saturated carbocycles. The molecule has 0 radical (unpaired) electrons. The monoisotopic (exact) mass is 349 g/mol. The molecule has 0 saturated heterocycles. The molecule has 2 aromatic carbocycles. The number of aromatic nitrogens is 2. The third-order valence-corrected chi connectivity index (χ3v) is 4.15. The van der Waals surface area contributed by atoms with Crippen molar-refractivity contribution in [3.63, 3.8) is 0 Å². The highest BCUT2D eigenvalue weighted by molar-refractivity contribution is 5.79. The van der Waals surface area contributed by atoms with Crippen LogP contribution in [0.25, 0.3) is 22.5 Å². The van der Waals surface area contributed by atoms with Gasteiger partial charge >= 0.3 is 0 Å². The van der Waals surface area contributed by atoms with Gasteiger partial charge in [-0.2, -0.15) is 0 Å². The highest BCUT2D eigenvalue weighted by Gasteiger charge is 2.15. The molecular formula is C21H23N3O2. The Kier molecular flexibility index (Phi) is 5.69. The van der Waals surface area contributed by atoms with Crippen molar-refractivity contribution in [2.75, 3.05) is 6.61 Å². The van der Waals surface area contributed by atoms with E-state index in [0.717, 1.165) is 41.9 Å². The Morgan fingerprint density at radius 3 is 2.46 bits per heavy atom. The van der Waals surface area contributed by atoms with Crippen LogP contribution in [0, 0.1) is 0 Å². The maximum absolute atomic E-state index is 10.9. The number of hydrogen-bond acceptors (Lipinski definition) is 3. The van der Waals surface area contributed by atoms with Gasteiger partial charge in [0.05, 0.1) is 17.7 Å². The summed E-state index contributed by atoms with van der Waals surface area (Å²) in [5, 5.41) is 0. The van der Waals surface area contributed by atoms with Crippen molar-refractivity contribution in [1.82, 2.24) is 9.55 Å². The van der Waals surface area contributed by atoms with Crippen molar-refractivity contribution < 1.29 is 9.53 Å². The lowest BCUT2D eigenvalue weighted by molar-refractivity contribution is -0.119. The predicted octanol–water partition coefficient (Wildman–Crippen LogP) is 3.88. The van der Waals surface area contributed by atoms with Crippen LogP contribution in [0.4, 0.5) is 0 Å². The zero-order valence-corrected chi connectivity index (χ0v) is 14.9. The number of benzene rings is 2. The first-order valence-electron chi connectivity index (χ1n) is 8.81. The van der Waals surface area contributed by atoms with E-state index in [0.29, 0.717) is 5.75 Å². The van der Waals surface area contributed by atoms with Gasteiger partial charge in [0.25, 0.3) is 5.91 Å². The molecule has 2 N–H and O–H groups in total. The number of primary amides is 1. The first-order valence-corrected chi connectivity index (χ1v) is 8.81. The van der Waals surface area contributed by atoms with Crippen LogP contribution >= 0.6 is 0 Å². The largest absolute Gasteiger partial charge is 0.484 e. The molecule has 5 nitrogen and oxygen atoms in total. The fourth-order valence-electron chi connectivity index (χ4n) is 2.85. The van der Waals surface area contributed by atoms with Gasteiger partial charge in [-0.05, 0) is 30.7 Å². The second kappa shape index (κ2) is 8.34. The van der Waals surface area contributed by atoms with E-state index in [9.17, 15) is 4.79 Å². The Balaban J connectivity index is 1.96. The van der Waals surface area contributed by atoms with Crippen LogP contribution in [0.1, 0.15) is 19.8 Å². The van der Waals surface area contributed by atoms with Crippen LogP contribution in [0.15, 0.2) is 60.9 Å². The smallest absolute Gasteiger partial charge is 0.255 e. The molecule has 26 heavy (non-hydrogen) atoms. The van der Waals surface area contributed by atoms with Gasteiger partial charge in [-0.1, -0.05) is 43.7 Å². The summed E-state index contributed by atoms with van der Waals surface area (Å²) in [4.78, 5) is 15.5. The Morgan fingerprint density at radius 1 is 1.08 bits per heavy atom. The van der Waals surface area contributed by atoms with Gasteiger partial charge in [-0.3, -0.25) is 4.79 Å². The lowest BCUT2D eigenvalue weighted by Crippen LogP contribution is -2.19. The molecule has 134 valence electrons. The Labute approximate surface area is 153 Å². The summed E-state index contributed by atoms with van der Waals surface area (Å²) >= 11 is 0. The van der Waals surface area contributed by atoms with Gasteiger partial charge in [-0.15, -0.1) is 0 Å². The molecular weight excluding hydrogens is 326 g/mol. The lowest BCUT2D eigenvalue weighted by Gasteiger charge is -2.11. The summed E-state index contributed by atoms with van der Waals surface area (Å²) in [6, 6.07) is 17.9. The number of amides is 1. The molecule has 0 spiro atoms. The normalized spacial score (nSPS) is 10.7. The number of nitrogens with zero attached hydrogens (tertiary/aromatic N) is 2. The van der Waals surface area contributed by atoms with Gasteiger partial charge in [0.1, 0.15) is 5.75 Å². The number of carbonyl (C=O) groups excluding carboxylic acids is 1. The number of nitrogens with two attached hydrogens (primary N) is 1. The van der Waals surface area contributed by atoms with Crippen molar-refractivity contribution in [2.45, 2.75) is 26.3 Å². The van der Waals surface area contributed by atoms with Crippen LogP contribution in [-0.4, -0.2) is 22.1 Å². The summed E-state index contributed by atoms with van der Waals surface area (Å²) in [7, 11) is 0. The minimum Gasteiger partial charge on any atom is -0.484 e. The number of carbonyl (C=O) groups is 1. The van der Waals surface area contributed by atoms with E-state index in [4.69, 9.17) is 10.5 Å². The number of unbranched alkanes of at least 4 members (excludes halogenated alkanes) is 1. The molecule has 0 atom stereocenters. The quantitative estimate of drug-likeness (QED) is 0.671. The summed E-state index contributed by atoms with van der Waals surface area (Å²) < 4.78 is 7.55. The van der Waals surface area contributed by atoms with E-state index in [1.165, 1.54) is 0 Å². The molecule has 0 aliphatic heterocycles. The number of rotatable bonds is 8.